The summed E-state index contributed by atoms with van der Waals surface area (Å²) in [5, 5.41) is 8.15. The molecular weight excluding hydrogens is 324 g/mol. The van der Waals surface area contributed by atoms with E-state index >= 15 is 0 Å². The first-order valence-corrected chi connectivity index (χ1v) is 9.89. The van der Waals surface area contributed by atoms with Gasteiger partial charge >= 0.3 is 0 Å². The Morgan fingerprint density at radius 1 is 1.29 bits per heavy atom. The lowest BCUT2D eigenvalue weighted by Crippen LogP contribution is -2.40. The van der Waals surface area contributed by atoms with E-state index in [2.05, 4.69) is 17.1 Å². The fraction of sp³-hybridized carbons (Fsp3) is 0.529. The molecule has 1 aliphatic rings. The molecule has 1 saturated heterocycles. The van der Waals surface area contributed by atoms with Gasteiger partial charge in [-0.1, -0.05) is 18.2 Å². The molecule has 7 heteroatoms. The quantitative estimate of drug-likeness (QED) is 0.831. The van der Waals surface area contributed by atoms with E-state index in [4.69, 9.17) is 0 Å². The van der Waals surface area contributed by atoms with Gasteiger partial charge in [0.25, 0.3) is 0 Å². The molecule has 0 aliphatic carbocycles. The Labute approximate surface area is 143 Å². The third-order valence-electron chi connectivity index (χ3n) is 4.70. The van der Waals surface area contributed by atoms with Crippen molar-refractivity contribution in [2.45, 2.75) is 44.6 Å². The second kappa shape index (κ2) is 7.03. The molecule has 6 nitrogen and oxygen atoms in total. The summed E-state index contributed by atoms with van der Waals surface area (Å²) < 4.78 is 29.6. The van der Waals surface area contributed by atoms with Gasteiger partial charge in [-0.15, -0.1) is 10.2 Å². The van der Waals surface area contributed by atoms with Crippen molar-refractivity contribution in [3.63, 3.8) is 0 Å². The zero-order valence-corrected chi connectivity index (χ0v) is 15.0. The van der Waals surface area contributed by atoms with Gasteiger partial charge in [0.2, 0.25) is 10.0 Å². The Balaban J connectivity index is 1.77. The van der Waals surface area contributed by atoms with Gasteiger partial charge < -0.3 is 4.57 Å². The number of benzene rings is 1. The Morgan fingerprint density at radius 2 is 2.08 bits per heavy atom. The maximum absolute atomic E-state index is 13.0. The molecule has 3 rings (SSSR count). The SMILES string of the molecule is CCn1cnnc1CC1CCCN(S(=O)(=O)c2ccccc2C)C1. The summed E-state index contributed by atoms with van der Waals surface area (Å²) in [5.74, 6) is 1.23. The molecule has 0 amide bonds. The maximum atomic E-state index is 13.0. The second-order valence-electron chi connectivity index (χ2n) is 6.37. The lowest BCUT2D eigenvalue weighted by Gasteiger charge is -2.32. The van der Waals surface area contributed by atoms with Crippen LogP contribution in [0.15, 0.2) is 35.5 Å². The third-order valence-corrected chi connectivity index (χ3v) is 6.73. The van der Waals surface area contributed by atoms with Gasteiger partial charge in [-0.05, 0) is 44.2 Å². The summed E-state index contributed by atoms with van der Waals surface area (Å²) >= 11 is 0. The van der Waals surface area contributed by atoms with Crippen molar-refractivity contribution in [2.24, 2.45) is 5.92 Å². The van der Waals surface area contributed by atoms with Crippen LogP contribution >= 0.6 is 0 Å². The summed E-state index contributed by atoms with van der Waals surface area (Å²) in [7, 11) is -3.43. The Hall–Kier alpha value is -1.73. The first-order valence-electron chi connectivity index (χ1n) is 8.45. The number of hydrogen-bond acceptors (Lipinski definition) is 4. The summed E-state index contributed by atoms with van der Waals surface area (Å²) in [4.78, 5) is 0.419. The predicted molar refractivity (Wildman–Crippen MR) is 92.1 cm³/mol. The first kappa shape index (κ1) is 17.1. The molecule has 0 radical (unpaired) electrons. The van der Waals surface area contributed by atoms with Crippen LogP contribution < -0.4 is 0 Å². The fourth-order valence-corrected chi connectivity index (χ4v) is 5.14. The highest BCUT2D eigenvalue weighted by atomic mass is 32.2. The fourth-order valence-electron chi connectivity index (χ4n) is 3.36. The van der Waals surface area contributed by atoms with Crippen LogP contribution in [0.25, 0.3) is 0 Å². The van der Waals surface area contributed by atoms with Crippen LogP contribution in [0, 0.1) is 12.8 Å². The zero-order chi connectivity index (χ0) is 17.2. The molecule has 1 aromatic heterocycles. The summed E-state index contributed by atoms with van der Waals surface area (Å²) in [6.45, 7) is 5.88. The Bertz CT molecular complexity index is 800. The molecule has 0 N–H and O–H groups in total. The Morgan fingerprint density at radius 3 is 2.83 bits per heavy atom. The van der Waals surface area contributed by atoms with Gasteiger partial charge in [0.15, 0.2) is 0 Å². The topological polar surface area (TPSA) is 68.1 Å². The van der Waals surface area contributed by atoms with Crippen LogP contribution in [0.2, 0.25) is 0 Å². The number of rotatable bonds is 5. The molecule has 1 aromatic carbocycles. The predicted octanol–water partition coefficient (Wildman–Crippen LogP) is 2.25. The van der Waals surface area contributed by atoms with E-state index in [0.29, 0.717) is 18.0 Å². The summed E-state index contributed by atoms with van der Waals surface area (Å²) in [5.41, 5.74) is 0.797. The van der Waals surface area contributed by atoms with E-state index in [0.717, 1.165) is 37.2 Å². The lowest BCUT2D eigenvalue weighted by atomic mass is 9.96. The summed E-state index contributed by atoms with van der Waals surface area (Å²) in [6.07, 6.45) is 4.42. The first-order chi connectivity index (χ1) is 11.5. The van der Waals surface area contributed by atoms with Crippen LogP contribution in [0.5, 0.6) is 0 Å². The van der Waals surface area contributed by atoms with Crippen molar-refractivity contribution in [1.29, 1.82) is 0 Å². The number of hydrogen-bond donors (Lipinski definition) is 0. The highest BCUT2D eigenvalue weighted by molar-refractivity contribution is 7.89. The van der Waals surface area contributed by atoms with E-state index in [-0.39, 0.29) is 5.92 Å². The van der Waals surface area contributed by atoms with E-state index < -0.39 is 10.0 Å². The minimum absolute atomic E-state index is 0.284. The summed E-state index contributed by atoms with van der Waals surface area (Å²) in [6, 6.07) is 7.19. The van der Waals surface area contributed by atoms with E-state index in [1.807, 2.05) is 23.6 Å². The Kier molecular flexibility index (Phi) is 5.01. The van der Waals surface area contributed by atoms with Crippen LogP contribution in [-0.4, -0.2) is 40.6 Å². The zero-order valence-electron chi connectivity index (χ0n) is 14.2. The molecule has 1 atom stereocenters. The highest BCUT2D eigenvalue weighted by Gasteiger charge is 2.31. The molecule has 0 spiro atoms. The van der Waals surface area contributed by atoms with Crippen molar-refractivity contribution in [3.05, 3.63) is 42.0 Å². The smallest absolute Gasteiger partial charge is 0.243 e. The van der Waals surface area contributed by atoms with Gasteiger partial charge in [-0.25, -0.2) is 8.42 Å². The lowest BCUT2D eigenvalue weighted by molar-refractivity contribution is 0.261. The van der Waals surface area contributed by atoms with E-state index in [9.17, 15) is 8.42 Å². The van der Waals surface area contributed by atoms with Crippen molar-refractivity contribution in [3.8, 4) is 0 Å². The number of nitrogens with zero attached hydrogens (tertiary/aromatic N) is 4. The molecule has 0 bridgehead atoms. The average molecular weight is 348 g/mol. The van der Waals surface area contributed by atoms with Gasteiger partial charge in [-0.3, -0.25) is 0 Å². The molecule has 0 saturated carbocycles. The molecule has 1 aliphatic heterocycles. The van der Waals surface area contributed by atoms with E-state index in [1.165, 1.54) is 0 Å². The minimum atomic E-state index is -3.43. The van der Waals surface area contributed by atoms with E-state index in [1.54, 1.807) is 22.8 Å². The van der Waals surface area contributed by atoms with Crippen molar-refractivity contribution in [1.82, 2.24) is 19.1 Å². The third kappa shape index (κ3) is 3.37. The van der Waals surface area contributed by atoms with Gasteiger partial charge in [-0.2, -0.15) is 4.31 Å². The molecular formula is C17H24N4O2S. The number of aromatic nitrogens is 3. The van der Waals surface area contributed by atoms with Gasteiger partial charge in [0.05, 0.1) is 4.90 Å². The van der Waals surface area contributed by atoms with Crippen LogP contribution in [0.4, 0.5) is 0 Å². The highest BCUT2D eigenvalue weighted by Crippen LogP contribution is 2.27. The van der Waals surface area contributed by atoms with Crippen molar-refractivity contribution >= 4 is 10.0 Å². The monoisotopic (exact) mass is 348 g/mol. The molecule has 2 heterocycles. The van der Waals surface area contributed by atoms with Crippen LogP contribution in [-0.2, 0) is 23.0 Å². The van der Waals surface area contributed by atoms with Crippen LogP contribution in [0.3, 0.4) is 0 Å². The standard InChI is InChI=1S/C17H24N4O2S/c1-3-20-13-18-19-17(20)11-15-8-6-10-21(12-15)24(22,23)16-9-5-4-7-14(16)2/h4-5,7,9,13,15H,3,6,8,10-12H2,1-2H3. The average Bonchev–Trinajstić information content (AvgIpc) is 3.02. The minimum Gasteiger partial charge on any atom is -0.318 e. The molecule has 2 aromatic rings. The number of aryl methyl sites for hydroxylation is 2. The normalized spacial score (nSPS) is 19.5. The van der Waals surface area contributed by atoms with Crippen LogP contribution in [0.1, 0.15) is 31.2 Å². The molecule has 24 heavy (non-hydrogen) atoms. The largest absolute Gasteiger partial charge is 0.318 e. The molecule has 1 unspecified atom stereocenters. The van der Waals surface area contributed by atoms with Crippen molar-refractivity contribution < 1.29 is 8.42 Å². The number of piperidine rings is 1. The van der Waals surface area contributed by atoms with Gasteiger partial charge in [0, 0.05) is 26.1 Å². The van der Waals surface area contributed by atoms with Crippen molar-refractivity contribution in [2.75, 3.05) is 13.1 Å². The second-order valence-corrected chi connectivity index (χ2v) is 8.28. The molecule has 130 valence electrons. The maximum Gasteiger partial charge on any atom is 0.243 e. The molecule has 1 fully saturated rings. The van der Waals surface area contributed by atoms with Gasteiger partial charge in [0.1, 0.15) is 12.2 Å². The number of sulfonamides is 1.